The molecule has 0 spiro atoms. The van der Waals surface area contributed by atoms with Gasteiger partial charge < -0.3 is 10.2 Å². The Labute approximate surface area is 113 Å². The maximum absolute atomic E-state index is 3.80. The number of hydrogen-bond acceptors (Lipinski definition) is 2. The molecule has 2 heteroatoms. The number of hydrogen-bond donors (Lipinski definition) is 1. The van der Waals surface area contributed by atoms with Gasteiger partial charge in [0.05, 0.1) is 0 Å². The third-order valence-corrected chi connectivity index (χ3v) is 5.59. The maximum atomic E-state index is 3.80. The van der Waals surface area contributed by atoms with Crippen LogP contribution in [0.1, 0.15) is 58.3 Å². The molecule has 0 radical (unpaired) electrons. The van der Waals surface area contributed by atoms with E-state index < -0.39 is 0 Å². The first-order chi connectivity index (χ1) is 8.69. The summed E-state index contributed by atoms with van der Waals surface area (Å²) in [5, 5.41) is 3.80. The Morgan fingerprint density at radius 3 is 2.39 bits per heavy atom. The van der Waals surface area contributed by atoms with Gasteiger partial charge in [0.25, 0.3) is 0 Å². The summed E-state index contributed by atoms with van der Waals surface area (Å²) in [5.41, 5.74) is 0.598. The van der Waals surface area contributed by atoms with Gasteiger partial charge in [-0.3, -0.25) is 0 Å². The molecule has 3 rings (SSSR count). The van der Waals surface area contributed by atoms with E-state index in [0.29, 0.717) is 5.41 Å². The van der Waals surface area contributed by atoms with E-state index in [-0.39, 0.29) is 0 Å². The van der Waals surface area contributed by atoms with Crippen molar-refractivity contribution in [2.45, 2.75) is 70.4 Å². The summed E-state index contributed by atoms with van der Waals surface area (Å²) < 4.78 is 0. The predicted molar refractivity (Wildman–Crippen MR) is 76.7 cm³/mol. The van der Waals surface area contributed by atoms with E-state index in [1.165, 1.54) is 64.5 Å². The first-order valence-electron chi connectivity index (χ1n) is 8.12. The molecule has 1 N–H and O–H groups in total. The van der Waals surface area contributed by atoms with Gasteiger partial charge in [0, 0.05) is 25.2 Å². The normalized spacial score (nSPS) is 28.8. The van der Waals surface area contributed by atoms with Crippen LogP contribution in [0.15, 0.2) is 0 Å². The van der Waals surface area contributed by atoms with E-state index in [0.717, 1.165) is 18.0 Å². The molecule has 0 amide bonds. The van der Waals surface area contributed by atoms with Crippen LogP contribution < -0.4 is 5.32 Å². The highest BCUT2D eigenvalue weighted by molar-refractivity contribution is 4.94. The highest BCUT2D eigenvalue weighted by Crippen LogP contribution is 2.41. The van der Waals surface area contributed by atoms with Crippen LogP contribution in [-0.2, 0) is 0 Å². The third kappa shape index (κ3) is 3.08. The molecule has 3 aliphatic carbocycles. The molecule has 1 atom stereocenters. The predicted octanol–water partition coefficient (Wildman–Crippen LogP) is 3.03. The summed E-state index contributed by atoms with van der Waals surface area (Å²) in [6.07, 6.45) is 11.6. The Balaban J connectivity index is 1.54. The van der Waals surface area contributed by atoms with Gasteiger partial charge in [0.15, 0.2) is 0 Å². The SMILES string of the molecule is CC(C1CC1)N(C)CC1(CNC2CC2)CCCC1. The monoisotopic (exact) mass is 250 g/mol. The maximum Gasteiger partial charge on any atom is 0.00923 e. The molecule has 0 aliphatic heterocycles. The molecule has 0 heterocycles. The molecule has 0 saturated heterocycles. The minimum atomic E-state index is 0.598. The zero-order chi connectivity index (χ0) is 12.6. The van der Waals surface area contributed by atoms with E-state index in [1.54, 1.807) is 0 Å². The molecule has 104 valence electrons. The van der Waals surface area contributed by atoms with Gasteiger partial charge in [-0.2, -0.15) is 0 Å². The first-order valence-corrected chi connectivity index (χ1v) is 8.12. The number of nitrogens with zero attached hydrogens (tertiary/aromatic N) is 1. The highest BCUT2D eigenvalue weighted by atomic mass is 15.1. The molecule has 18 heavy (non-hydrogen) atoms. The summed E-state index contributed by atoms with van der Waals surface area (Å²) in [6.45, 7) is 5.04. The average Bonchev–Trinajstić information content (AvgIpc) is 3.26. The second-order valence-electron chi connectivity index (χ2n) is 7.36. The van der Waals surface area contributed by atoms with Crippen LogP contribution in [0.5, 0.6) is 0 Å². The van der Waals surface area contributed by atoms with Crippen LogP contribution in [0.2, 0.25) is 0 Å². The molecule has 3 saturated carbocycles. The van der Waals surface area contributed by atoms with Crippen molar-refractivity contribution in [2.24, 2.45) is 11.3 Å². The molecule has 0 bridgehead atoms. The lowest BCUT2D eigenvalue weighted by molar-refractivity contribution is 0.131. The Morgan fingerprint density at radius 2 is 1.83 bits per heavy atom. The van der Waals surface area contributed by atoms with Crippen molar-refractivity contribution < 1.29 is 0 Å². The van der Waals surface area contributed by atoms with Crippen molar-refractivity contribution >= 4 is 0 Å². The van der Waals surface area contributed by atoms with Crippen molar-refractivity contribution in [2.75, 3.05) is 20.1 Å². The van der Waals surface area contributed by atoms with Crippen LogP contribution in [0.4, 0.5) is 0 Å². The lowest BCUT2D eigenvalue weighted by Crippen LogP contribution is -2.45. The standard InChI is InChI=1S/C16H30N2/c1-13(14-5-6-14)18(2)12-16(9-3-4-10-16)11-17-15-7-8-15/h13-15,17H,3-12H2,1-2H3. The topological polar surface area (TPSA) is 15.3 Å². The summed E-state index contributed by atoms with van der Waals surface area (Å²) in [4.78, 5) is 2.66. The zero-order valence-electron chi connectivity index (χ0n) is 12.3. The summed E-state index contributed by atoms with van der Waals surface area (Å²) in [5.74, 6) is 1.00. The molecule has 1 unspecified atom stereocenters. The molecule has 2 nitrogen and oxygen atoms in total. The fourth-order valence-electron chi connectivity index (χ4n) is 3.78. The van der Waals surface area contributed by atoms with Crippen molar-refractivity contribution in [1.29, 1.82) is 0 Å². The summed E-state index contributed by atoms with van der Waals surface area (Å²) >= 11 is 0. The molecule has 0 aromatic rings. The minimum absolute atomic E-state index is 0.598. The van der Waals surface area contributed by atoms with Crippen LogP contribution in [-0.4, -0.2) is 37.1 Å². The molecule has 3 fully saturated rings. The molecular weight excluding hydrogens is 220 g/mol. The van der Waals surface area contributed by atoms with Crippen LogP contribution in [0.3, 0.4) is 0 Å². The Kier molecular flexibility index (Phi) is 3.68. The molecule has 0 aromatic heterocycles. The Hall–Kier alpha value is -0.0800. The summed E-state index contributed by atoms with van der Waals surface area (Å²) in [7, 11) is 2.36. The van der Waals surface area contributed by atoms with Gasteiger partial charge in [0.2, 0.25) is 0 Å². The molecule has 3 aliphatic rings. The first kappa shape index (κ1) is 12.9. The molecule has 0 aromatic carbocycles. The van der Waals surface area contributed by atoms with E-state index in [9.17, 15) is 0 Å². The fraction of sp³-hybridized carbons (Fsp3) is 1.00. The second-order valence-corrected chi connectivity index (χ2v) is 7.36. The van der Waals surface area contributed by atoms with E-state index in [2.05, 4.69) is 24.2 Å². The van der Waals surface area contributed by atoms with Crippen LogP contribution in [0.25, 0.3) is 0 Å². The van der Waals surface area contributed by atoms with Crippen molar-refractivity contribution in [3.63, 3.8) is 0 Å². The van der Waals surface area contributed by atoms with Gasteiger partial charge in [0.1, 0.15) is 0 Å². The van der Waals surface area contributed by atoms with E-state index in [1.807, 2.05) is 0 Å². The lowest BCUT2D eigenvalue weighted by Gasteiger charge is -2.37. The minimum Gasteiger partial charge on any atom is -0.313 e. The average molecular weight is 250 g/mol. The number of rotatable bonds is 7. The molecular formula is C16H30N2. The third-order valence-electron chi connectivity index (χ3n) is 5.59. The van der Waals surface area contributed by atoms with E-state index in [4.69, 9.17) is 0 Å². The van der Waals surface area contributed by atoms with Crippen molar-refractivity contribution in [3.05, 3.63) is 0 Å². The fourth-order valence-corrected chi connectivity index (χ4v) is 3.78. The van der Waals surface area contributed by atoms with E-state index >= 15 is 0 Å². The van der Waals surface area contributed by atoms with Crippen LogP contribution >= 0.6 is 0 Å². The Morgan fingerprint density at radius 1 is 1.17 bits per heavy atom. The summed E-state index contributed by atoms with van der Waals surface area (Å²) in [6, 6.07) is 1.68. The van der Waals surface area contributed by atoms with Gasteiger partial charge in [-0.25, -0.2) is 0 Å². The zero-order valence-corrected chi connectivity index (χ0v) is 12.3. The largest absolute Gasteiger partial charge is 0.313 e. The lowest BCUT2D eigenvalue weighted by atomic mass is 9.85. The smallest absolute Gasteiger partial charge is 0.00923 e. The van der Waals surface area contributed by atoms with Crippen molar-refractivity contribution in [3.8, 4) is 0 Å². The highest BCUT2D eigenvalue weighted by Gasteiger charge is 2.39. The number of nitrogens with one attached hydrogen (secondary N) is 1. The van der Waals surface area contributed by atoms with Gasteiger partial charge in [-0.1, -0.05) is 12.8 Å². The van der Waals surface area contributed by atoms with Crippen molar-refractivity contribution in [1.82, 2.24) is 10.2 Å². The van der Waals surface area contributed by atoms with Gasteiger partial charge in [-0.15, -0.1) is 0 Å². The van der Waals surface area contributed by atoms with Crippen LogP contribution in [0, 0.1) is 11.3 Å². The Bertz CT molecular complexity index is 275. The second kappa shape index (κ2) is 5.13. The quantitative estimate of drug-likeness (QED) is 0.747. The van der Waals surface area contributed by atoms with Gasteiger partial charge in [-0.05, 0) is 63.8 Å². The van der Waals surface area contributed by atoms with Gasteiger partial charge >= 0.3 is 0 Å².